The Balaban J connectivity index is 0.00000206. The number of hydrogen-bond donors (Lipinski definition) is 0. The summed E-state index contributed by atoms with van der Waals surface area (Å²) in [5, 5.41) is 0. The summed E-state index contributed by atoms with van der Waals surface area (Å²) in [6, 6.07) is 42.4. The van der Waals surface area contributed by atoms with Crippen LogP contribution in [0, 0.1) is 6.07 Å². The molecule has 2 heterocycles. The van der Waals surface area contributed by atoms with Gasteiger partial charge in [0.25, 0.3) is 0 Å². The molecule has 0 bridgehead atoms. The SMILES string of the molecule is [Ir].[c-]1cccc2c1-c1ncccc1C21c2ccccc2N(c2ccccc2)c2ccccc21. The maximum Gasteiger partial charge on any atom is 0.0501 e. The molecule has 159 valence electrons. The van der Waals surface area contributed by atoms with E-state index in [0.29, 0.717) is 0 Å². The number of aromatic nitrogens is 1. The van der Waals surface area contributed by atoms with Crippen molar-refractivity contribution in [3.8, 4) is 11.3 Å². The first-order chi connectivity index (χ1) is 15.9. The fraction of sp³-hybridized carbons (Fsp3) is 0.0333. The van der Waals surface area contributed by atoms with Gasteiger partial charge in [0.1, 0.15) is 0 Å². The van der Waals surface area contributed by atoms with E-state index in [2.05, 4.69) is 114 Å². The van der Waals surface area contributed by atoms with E-state index in [1.165, 1.54) is 33.6 Å². The topological polar surface area (TPSA) is 16.1 Å². The second-order valence-corrected chi connectivity index (χ2v) is 8.31. The molecule has 1 radical (unpaired) electrons. The number of anilines is 3. The van der Waals surface area contributed by atoms with Crippen LogP contribution in [0.5, 0.6) is 0 Å². The second-order valence-electron chi connectivity index (χ2n) is 8.31. The molecule has 0 unspecified atom stereocenters. The first kappa shape index (κ1) is 20.1. The third-order valence-electron chi connectivity index (χ3n) is 6.82. The molecule has 5 aromatic rings. The van der Waals surface area contributed by atoms with Gasteiger partial charge in [-0.15, -0.1) is 35.4 Å². The molecule has 33 heavy (non-hydrogen) atoms. The Kier molecular flexibility index (Phi) is 4.58. The molecular formula is C30H19IrN2-. The van der Waals surface area contributed by atoms with Crippen molar-refractivity contribution in [1.82, 2.24) is 4.98 Å². The van der Waals surface area contributed by atoms with Crippen molar-refractivity contribution in [2.24, 2.45) is 0 Å². The summed E-state index contributed by atoms with van der Waals surface area (Å²) in [4.78, 5) is 7.21. The van der Waals surface area contributed by atoms with Gasteiger partial charge in [0.15, 0.2) is 0 Å². The normalized spacial score (nSPS) is 14.0. The predicted molar refractivity (Wildman–Crippen MR) is 129 cm³/mol. The number of hydrogen-bond acceptors (Lipinski definition) is 2. The van der Waals surface area contributed by atoms with E-state index in [1.807, 2.05) is 12.3 Å². The molecule has 2 aliphatic rings. The van der Waals surface area contributed by atoms with Gasteiger partial charge in [-0.25, -0.2) is 0 Å². The number of fused-ring (bicyclic) bond motifs is 9. The molecule has 0 N–H and O–H groups in total. The fourth-order valence-corrected chi connectivity index (χ4v) is 5.68. The van der Waals surface area contributed by atoms with Gasteiger partial charge >= 0.3 is 0 Å². The number of rotatable bonds is 1. The Morgan fingerprint density at radius 3 is 1.94 bits per heavy atom. The number of pyridine rings is 1. The Bertz CT molecular complexity index is 1400. The summed E-state index contributed by atoms with van der Waals surface area (Å²) >= 11 is 0. The smallest absolute Gasteiger partial charge is 0.0501 e. The van der Waals surface area contributed by atoms with Crippen molar-refractivity contribution in [3.63, 3.8) is 0 Å². The van der Waals surface area contributed by atoms with Crippen LogP contribution < -0.4 is 4.90 Å². The van der Waals surface area contributed by atoms with E-state index >= 15 is 0 Å². The molecule has 4 aromatic carbocycles. The Morgan fingerprint density at radius 1 is 0.606 bits per heavy atom. The molecule has 1 spiro atoms. The van der Waals surface area contributed by atoms with Crippen LogP contribution in [0.1, 0.15) is 22.3 Å². The molecule has 1 aromatic heterocycles. The van der Waals surface area contributed by atoms with E-state index < -0.39 is 5.41 Å². The van der Waals surface area contributed by atoms with Gasteiger partial charge in [-0.2, -0.15) is 0 Å². The van der Waals surface area contributed by atoms with Crippen molar-refractivity contribution in [1.29, 1.82) is 0 Å². The van der Waals surface area contributed by atoms with Gasteiger partial charge in [0.05, 0.1) is 11.4 Å². The maximum atomic E-state index is 4.83. The van der Waals surface area contributed by atoms with Crippen LogP contribution in [0.3, 0.4) is 0 Å². The largest absolute Gasteiger partial charge is 0.310 e. The van der Waals surface area contributed by atoms with Crippen LogP contribution in [-0.2, 0) is 25.5 Å². The summed E-state index contributed by atoms with van der Waals surface area (Å²) in [5.41, 5.74) is 10.3. The van der Waals surface area contributed by atoms with Crippen LogP contribution in [0.4, 0.5) is 17.1 Å². The molecule has 1 aliphatic carbocycles. The monoisotopic (exact) mass is 600 g/mol. The van der Waals surface area contributed by atoms with Gasteiger partial charge in [-0.1, -0.05) is 66.2 Å². The fourth-order valence-electron chi connectivity index (χ4n) is 5.68. The van der Waals surface area contributed by atoms with E-state index in [9.17, 15) is 0 Å². The number of benzene rings is 4. The second kappa shape index (κ2) is 7.52. The molecule has 0 atom stereocenters. The van der Waals surface area contributed by atoms with Crippen LogP contribution in [0.15, 0.2) is 115 Å². The molecule has 3 heteroatoms. The minimum Gasteiger partial charge on any atom is -0.310 e. The third-order valence-corrected chi connectivity index (χ3v) is 6.82. The van der Waals surface area contributed by atoms with Crippen molar-refractivity contribution in [2.45, 2.75) is 5.41 Å². The first-order valence-electron chi connectivity index (χ1n) is 10.9. The van der Waals surface area contributed by atoms with Gasteiger partial charge in [0, 0.05) is 37.4 Å². The van der Waals surface area contributed by atoms with E-state index in [0.717, 1.165) is 16.9 Å². The predicted octanol–water partition coefficient (Wildman–Crippen LogP) is 7.03. The van der Waals surface area contributed by atoms with Crippen LogP contribution in [0.2, 0.25) is 0 Å². The van der Waals surface area contributed by atoms with Crippen molar-refractivity contribution < 1.29 is 20.1 Å². The average molecular weight is 600 g/mol. The molecular weight excluding hydrogens is 581 g/mol. The minimum absolute atomic E-state index is 0. The Morgan fingerprint density at radius 2 is 1.21 bits per heavy atom. The van der Waals surface area contributed by atoms with Gasteiger partial charge < -0.3 is 9.88 Å². The van der Waals surface area contributed by atoms with E-state index in [4.69, 9.17) is 4.98 Å². The van der Waals surface area contributed by atoms with Gasteiger partial charge in [0.2, 0.25) is 0 Å². The summed E-state index contributed by atoms with van der Waals surface area (Å²) in [6.07, 6.45) is 1.89. The van der Waals surface area contributed by atoms with Gasteiger partial charge in [-0.3, -0.25) is 0 Å². The van der Waals surface area contributed by atoms with Gasteiger partial charge in [-0.05, 0) is 47.2 Å². The van der Waals surface area contributed by atoms with Crippen molar-refractivity contribution in [3.05, 3.63) is 144 Å². The summed E-state index contributed by atoms with van der Waals surface area (Å²) in [7, 11) is 0. The molecule has 0 saturated carbocycles. The number of para-hydroxylation sites is 3. The molecule has 0 fully saturated rings. The molecule has 7 rings (SSSR count). The molecule has 0 saturated heterocycles. The third kappa shape index (κ3) is 2.55. The van der Waals surface area contributed by atoms with E-state index in [1.54, 1.807) is 0 Å². The van der Waals surface area contributed by atoms with E-state index in [-0.39, 0.29) is 20.1 Å². The minimum atomic E-state index is -0.421. The standard InChI is InChI=1S/C30H19N2.Ir/c1-2-11-21(12-3-1)32-27-18-8-6-15-24(27)30(25-16-7-9-19-28(25)32)23-14-5-4-13-22(23)29-26(30)17-10-20-31-29;/h1-12,14-20H;/q-1;. The summed E-state index contributed by atoms with van der Waals surface area (Å²) in [6.45, 7) is 0. The van der Waals surface area contributed by atoms with Crippen LogP contribution >= 0.6 is 0 Å². The van der Waals surface area contributed by atoms with Crippen molar-refractivity contribution >= 4 is 17.1 Å². The van der Waals surface area contributed by atoms with Crippen molar-refractivity contribution in [2.75, 3.05) is 4.90 Å². The zero-order valence-electron chi connectivity index (χ0n) is 17.7. The number of nitrogens with zero attached hydrogens (tertiary/aromatic N) is 2. The first-order valence-corrected chi connectivity index (χ1v) is 10.9. The Hall–Kier alpha value is -3.52. The van der Waals surface area contributed by atoms with Crippen LogP contribution in [-0.4, -0.2) is 4.98 Å². The summed E-state index contributed by atoms with van der Waals surface area (Å²) < 4.78 is 0. The van der Waals surface area contributed by atoms with Crippen LogP contribution in [0.25, 0.3) is 11.3 Å². The Labute approximate surface area is 206 Å². The summed E-state index contributed by atoms with van der Waals surface area (Å²) in [5.74, 6) is 0. The maximum absolute atomic E-state index is 4.83. The molecule has 2 nitrogen and oxygen atoms in total. The molecule has 0 amide bonds. The average Bonchev–Trinajstić information content (AvgIpc) is 3.16. The molecule has 1 aliphatic heterocycles. The quantitative estimate of drug-likeness (QED) is 0.189. The zero-order valence-corrected chi connectivity index (χ0v) is 20.1. The zero-order chi connectivity index (χ0) is 21.1.